The monoisotopic (exact) mass is 530 g/mol. The average molecular weight is 531 g/mol. The van der Waals surface area contributed by atoms with E-state index in [9.17, 15) is 14.4 Å². The zero-order chi connectivity index (χ0) is 28.6. The maximum atomic E-state index is 13.2. The summed E-state index contributed by atoms with van der Waals surface area (Å²) in [6.45, 7) is 9.98. The third-order valence-electron chi connectivity index (χ3n) is 5.50. The lowest BCUT2D eigenvalue weighted by atomic mass is 10.1. The lowest BCUT2D eigenvalue weighted by molar-refractivity contribution is 0.00694. The molecular formula is C30H34N4O5. The lowest BCUT2D eigenvalue weighted by Gasteiger charge is -2.19. The number of nitrogens with one attached hydrogen (secondary N) is 1. The molecule has 2 heterocycles. The minimum Gasteiger partial charge on any atom is -0.497 e. The molecule has 0 aliphatic carbocycles. The molecule has 0 saturated heterocycles. The van der Waals surface area contributed by atoms with Crippen LogP contribution in [0, 0.1) is 0 Å². The van der Waals surface area contributed by atoms with Gasteiger partial charge in [0.1, 0.15) is 17.0 Å². The number of pyridine rings is 1. The van der Waals surface area contributed by atoms with Crippen molar-refractivity contribution in [2.75, 3.05) is 7.11 Å². The van der Waals surface area contributed by atoms with Gasteiger partial charge in [0.2, 0.25) is 0 Å². The number of rotatable bonds is 7. The van der Waals surface area contributed by atoms with E-state index in [0.29, 0.717) is 17.6 Å². The highest BCUT2D eigenvalue weighted by Gasteiger charge is 2.18. The largest absolute Gasteiger partial charge is 0.497 e. The number of nitrogens with zero attached hydrogens (tertiary/aromatic N) is 3. The Morgan fingerprint density at radius 2 is 1.59 bits per heavy atom. The normalized spacial score (nSPS) is 10.8. The van der Waals surface area contributed by atoms with E-state index in [0.717, 1.165) is 16.9 Å². The van der Waals surface area contributed by atoms with Crippen LogP contribution in [0.4, 0.5) is 0 Å². The molecule has 0 aliphatic rings. The van der Waals surface area contributed by atoms with Gasteiger partial charge < -0.3 is 14.8 Å². The van der Waals surface area contributed by atoms with Crippen molar-refractivity contribution < 1.29 is 19.1 Å². The van der Waals surface area contributed by atoms with Gasteiger partial charge in [-0.2, -0.15) is 0 Å². The van der Waals surface area contributed by atoms with Gasteiger partial charge in [0.25, 0.3) is 11.5 Å². The topological polar surface area (TPSA) is 112 Å². The molecule has 9 nitrogen and oxygen atoms in total. The Morgan fingerprint density at radius 1 is 0.949 bits per heavy atom. The number of ether oxygens (including phenoxy) is 2. The third kappa shape index (κ3) is 7.73. The quantitative estimate of drug-likeness (QED) is 0.343. The van der Waals surface area contributed by atoms with E-state index in [1.54, 1.807) is 31.4 Å². The van der Waals surface area contributed by atoms with Crippen molar-refractivity contribution in [2.45, 2.75) is 53.3 Å². The Hall–Kier alpha value is -4.53. The number of amides is 1. The molecular weight excluding hydrogens is 496 g/mol. The average Bonchev–Trinajstić information content (AvgIpc) is 2.94. The van der Waals surface area contributed by atoms with Crippen LogP contribution in [0.1, 0.15) is 66.6 Å². The van der Waals surface area contributed by atoms with Crippen molar-refractivity contribution in [1.82, 2.24) is 19.9 Å². The highest BCUT2D eigenvalue weighted by molar-refractivity contribution is 5.95. The van der Waals surface area contributed by atoms with Crippen LogP contribution in [-0.2, 0) is 17.8 Å². The molecule has 0 unspecified atom stereocenters. The molecule has 0 fully saturated rings. The SMILES string of the molecule is CC.COc1ccc(CNC(=O)c2cc3c(=O)n(Cc4ccc(C(=O)OC(C)(C)C)cc4)cnc3cn2)cc1. The number of fused-ring (bicyclic) bond motifs is 1. The molecule has 0 atom stereocenters. The smallest absolute Gasteiger partial charge is 0.338 e. The first-order valence-electron chi connectivity index (χ1n) is 12.7. The highest BCUT2D eigenvalue weighted by Crippen LogP contribution is 2.14. The summed E-state index contributed by atoms with van der Waals surface area (Å²) in [7, 11) is 1.59. The molecule has 4 aromatic rings. The summed E-state index contributed by atoms with van der Waals surface area (Å²) in [5.74, 6) is -0.0758. The molecule has 2 aromatic heterocycles. The Bertz CT molecular complexity index is 1490. The molecule has 0 spiro atoms. The lowest BCUT2D eigenvalue weighted by Crippen LogP contribution is -2.25. The summed E-state index contributed by atoms with van der Waals surface area (Å²) in [5, 5.41) is 3.10. The number of carbonyl (C=O) groups is 2. The van der Waals surface area contributed by atoms with Crippen LogP contribution in [0.25, 0.3) is 10.9 Å². The maximum absolute atomic E-state index is 13.2. The van der Waals surface area contributed by atoms with E-state index in [2.05, 4.69) is 15.3 Å². The van der Waals surface area contributed by atoms with Crippen molar-refractivity contribution in [1.29, 1.82) is 0 Å². The summed E-state index contributed by atoms with van der Waals surface area (Å²) >= 11 is 0. The van der Waals surface area contributed by atoms with E-state index >= 15 is 0 Å². The molecule has 1 amide bonds. The van der Waals surface area contributed by atoms with Gasteiger partial charge in [0.05, 0.1) is 42.6 Å². The molecule has 39 heavy (non-hydrogen) atoms. The van der Waals surface area contributed by atoms with Crippen LogP contribution in [0.2, 0.25) is 0 Å². The van der Waals surface area contributed by atoms with E-state index in [1.165, 1.54) is 23.2 Å². The minimum absolute atomic E-state index is 0.124. The molecule has 204 valence electrons. The van der Waals surface area contributed by atoms with Crippen LogP contribution in [-0.4, -0.2) is 39.1 Å². The molecule has 2 aromatic carbocycles. The van der Waals surface area contributed by atoms with E-state index < -0.39 is 17.5 Å². The molecule has 1 N–H and O–H groups in total. The Morgan fingerprint density at radius 3 is 2.21 bits per heavy atom. The van der Waals surface area contributed by atoms with E-state index in [-0.39, 0.29) is 23.2 Å². The number of methoxy groups -OCH3 is 1. The van der Waals surface area contributed by atoms with Crippen molar-refractivity contribution in [2.24, 2.45) is 0 Å². The molecule has 4 rings (SSSR count). The predicted molar refractivity (Wildman–Crippen MR) is 150 cm³/mol. The third-order valence-corrected chi connectivity index (χ3v) is 5.50. The Kier molecular flexibility index (Phi) is 9.54. The standard InChI is InChI=1S/C28H28N4O5.C2H6/c1-28(2,3)37-27(35)20-9-5-19(6-10-20)16-32-17-31-24-15-29-23(13-22(24)26(32)34)25(33)30-14-18-7-11-21(36-4)12-8-18;1-2/h5-13,15,17H,14,16H2,1-4H3,(H,30,33);1-2H3. The van der Waals surface area contributed by atoms with Gasteiger partial charge >= 0.3 is 5.97 Å². The van der Waals surface area contributed by atoms with Crippen LogP contribution >= 0.6 is 0 Å². The second-order valence-electron chi connectivity index (χ2n) is 9.49. The number of carbonyl (C=O) groups excluding carboxylic acids is 2. The van der Waals surface area contributed by atoms with Crippen molar-refractivity contribution in [3.8, 4) is 5.75 Å². The predicted octanol–water partition coefficient (Wildman–Crippen LogP) is 4.76. The fourth-order valence-corrected chi connectivity index (χ4v) is 3.59. The first-order valence-corrected chi connectivity index (χ1v) is 12.7. The van der Waals surface area contributed by atoms with E-state index in [1.807, 2.05) is 58.9 Å². The van der Waals surface area contributed by atoms with Gasteiger partial charge in [-0.25, -0.2) is 14.8 Å². The van der Waals surface area contributed by atoms with Crippen LogP contribution in [0.15, 0.2) is 71.9 Å². The fourth-order valence-electron chi connectivity index (χ4n) is 3.59. The second-order valence-corrected chi connectivity index (χ2v) is 9.49. The van der Waals surface area contributed by atoms with Gasteiger partial charge in [0.15, 0.2) is 0 Å². The van der Waals surface area contributed by atoms with E-state index in [4.69, 9.17) is 9.47 Å². The summed E-state index contributed by atoms with van der Waals surface area (Å²) < 4.78 is 12.0. The number of aromatic nitrogens is 3. The number of benzene rings is 2. The Labute approximate surface area is 227 Å². The molecule has 0 bridgehead atoms. The van der Waals surface area contributed by atoms with Crippen LogP contribution in [0.5, 0.6) is 5.75 Å². The first kappa shape index (κ1) is 29.0. The highest BCUT2D eigenvalue weighted by atomic mass is 16.6. The summed E-state index contributed by atoms with van der Waals surface area (Å²) in [6, 6.07) is 15.7. The molecule has 0 aliphatic heterocycles. The van der Waals surface area contributed by atoms with Gasteiger partial charge in [0, 0.05) is 6.54 Å². The number of esters is 1. The van der Waals surface area contributed by atoms with Crippen molar-refractivity contribution in [3.63, 3.8) is 0 Å². The number of hydrogen-bond donors (Lipinski definition) is 1. The first-order chi connectivity index (χ1) is 18.6. The van der Waals surface area contributed by atoms with Crippen molar-refractivity contribution >= 4 is 22.8 Å². The molecule has 0 radical (unpaired) electrons. The fraction of sp³-hybridized carbons (Fsp3) is 0.300. The van der Waals surface area contributed by atoms with Crippen LogP contribution < -0.4 is 15.6 Å². The summed E-state index contributed by atoms with van der Waals surface area (Å²) in [5.41, 5.74) is 1.78. The minimum atomic E-state index is -0.583. The Balaban J connectivity index is 0.00000205. The van der Waals surface area contributed by atoms with Gasteiger partial charge in [-0.05, 0) is 62.2 Å². The second kappa shape index (κ2) is 12.8. The van der Waals surface area contributed by atoms with Crippen LogP contribution in [0.3, 0.4) is 0 Å². The maximum Gasteiger partial charge on any atom is 0.338 e. The van der Waals surface area contributed by atoms with Gasteiger partial charge in [-0.15, -0.1) is 0 Å². The van der Waals surface area contributed by atoms with Gasteiger partial charge in [-0.1, -0.05) is 38.1 Å². The van der Waals surface area contributed by atoms with Gasteiger partial charge in [-0.3, -0.25) is 14.2 Å². The molecule has 9 heteroatoms. The number of hydrogen-bond acceptors (Lipinski definition) is 7. The summed E-state index contributed by atoms with van der Waals surface area (Å²) in [4.78, 5) is 46.6. The summed E-state index contributed by atoms with van der Waals surface area (Å²) in [6.07, 6.45) is 2.86. The molecule has 0 saturated carbocycles. The zero-order valence-corrected chi connectivity index (χ0v) is 23.1. The van der Waals surface area contributed by atoms with Crippen molar-refractivity contribution in [3.05, 3.63) is 99.9 Å². The zero-order valence-electron chi connectivity index (χ0n) is 23.1.